The van der Waals surface area contributed by atoms with Crippen LogP contribution in [0.1, 0.15) is 17.2 Å². The van der Waals surface area contributed by atoms with Gasteiger partial charge in [0, 0.05) is 17.3 Å². The lowest BCUT2D eigenvalue weighted by Gasteiger charge is -2.20. The Bertz CT molecular complexity index is 1010. The summed E-state index contributed by atoms with van der Waals surface area (Å²) in [4.78, 5) is 37.5. The van der Waals surface area contributed by atoms with Crippen molar-refractivity contribution in [2.75, 3.05) is 0 Å². The van der Waals surface area contributed by atoms with E-state index in [0.717, 1.165) is 15.7 Å². The van der Waals surface area contributed by atoms with Gasteiger partial charge in [-0.25, -0.2) is 4.79 Å². The number of hydrogen-bond donors (Lipinski definition) is 2. The predicted octanol–water partition coefficient (Wildman–Crippen LogP) is 2.10. The molecule has 0 unspecified atom stereocenters. The van der Waals surface area contributed by atoms with E-state index < -0.39 is 11.2 Å². The molecule has 0 saturated carbocycles. The Morgan fingerprint density at radius 2 is 1.65 bits per heavy atom. The highest BCUT2D eigenvalue weighted by Gasteiger charge is 2.17. The number of nitrogens with zero attached hydrogens (tertiary/aromatic N) is 1. The van der Waals surface area contributed by atoms with Gasteiger partial charge in [-0.05, 0) is 23.3 Å². The van der Waals surface area contributed by atoms with E-state index in [4.69, 9.17) is 11.6 Å². The van der Waals surface area contributed by atoms with Crippen molar-refractivity contribution in [3.8, 4) is 0 Å². The molecule has 0 bridgehead atoms. The Hall–Kier alpha value is -3.12. The zero-order valence-electron chi connectivity index (χ0n) is 13.7. The molecule has 1 aromatic heterocycles. The summed E-state index contributed by atoms with van der Waals surface area (Å²) in [5, 5.41) is 3.53. The molecule has 0 aliphatic heterocycles. The molecule has 0 spiro atoms. The number of carbonyl (C=O) groups is 1. The molecule has 7 heteroatoms. The van der Waals surface area contributed by atoms with Crippen molar-refractivity contribution >= 4 is 17.5 Å². The summed E-state index contributed by atoms with van der Waals surface area (Å²) >= 11 is 5.95. The number of benzene rings is 2. The maximum Gasteiger partial charge on any atom is 0.328 e. The predicted molar refractivity (Wildman–Crippen MR) is 99.2 cm³/mol. The second kappa shape index (κ2) is 7.84. The van der Waals surface area contributed by atoms with Crippen LogP contribution in [0.5, 0.6) is 0 Å². The van der Waals surface area contributed by atoms with Crippen molar-refractivity contribution in [1.29, 1.82) is 0 Å². The van der Waals surface area contributed by atoms with Crippen LogP contribution in [-0.4, -0.2) is 15.5 Å². The molecule has 0 fully saturated rings. The van der Waals surface area contributed by atoms with Crippen molar-refractivity contribution in [2.24, 2.45) is 0 Å². The number of nitrogens with one attached hydrogen (secondary N) is 2. The SMILES string of the molecule is O=C(Cn1ccc(=O)[nH]c1=O)N[C@@H](c1ccccc1)c1ccc(Cl)cc1. The highest BCUT2D eigenvalue weighted by molar-refractivity contribution is 6.30. The average Bonchev–Trinajstić information content (AvgIpc) is 2.64. The number of amides is 1. The van der Waals surface area contributed by atoms with Crippen molar-refractivity contribution in [2.45, 2.75) is 12.6 Å². The van der Waals surface area contributed by atoms with Crippen molar-refractivity contribution in [3.05, 3.63) is 104 Å². The van der Waals surface area contributed by atoms with E-state index in [0.29, 0.717) is 5.02 Å². The summed E-state index contributed by atoms with van der Waals surface area (Å²) in [6.07, 6.45) is 1.29. The largest absolute Gasteiger partial charge is 0.344 e. The van der Waals surface area contributed by atoms with Gasteiger partial charge in [0.05, 0.1) is 6.04 Å². The van der Waals surface area contributed by atoms with Crippen LogP contribution in [0.4, 0.5) is 0 Å². The lowest BCUT2D eigenvalue weighted by Crippen LogP contribution is -2.37. The van der Waals surface area contributed by atoms with Gasteiger partial charge in [0.1, 0.15) is 6.54 Å². The molecular weight excluding hydrogens is 354 g/mol. The van der Waals surface area contributed by atoms with Gasteiger partial charge >= 0.3 is 5.69 Å². The number of rotatable bonds is 5. The minimum atomic E-state index is -0.629. The first-order valence-corrected chi connectivity index (χ1v) is 8.30. The fraction of sp³-hybridized carbons (Fsp3) is 0.105. The second-order valence-electron chi connectivity index (χ2n) is 5.70. The first kappa shape index (κ1) is 17.7. The second-order valence-corrected chi connectivity index (χ2v) is 6.14. The smallest absolute Gasteiger partial charge is 0.328 e. The molecule has 1 heterocycles. The zero-order valence-corrected chi connectivity index (χ0v) is 14.4. The molecule has 2 N–H and O–H groups in total. The van der Waals surface area contributed by atoms with E-state index in [-0.39, 0.29) is 18.5 Å². The molecule has 2 aromatic carbocycles. The Kier molecular flexibility index (Phi) is 5.34. The fourth-order valence-electron chi connectivity index (χ4n) is 2.59. The molecule has 3 aromatic rings. The van der Waals surface area contributed by atoms with Crippen LogP contribution in [-0.2, 0) is 11.3 Å². The minimum Gasteiger partial charge on any atom is -0.344 e. The summed E-state index contributed by atoms with van der Waals surface area (Å²) in [7, 11) is 0. The molecule has 0 saturated heterocycles. The van der Waals surface area contributed by atoms with Crippen molar-refractivity contribution < 1.29 is 4.79 Å². The van der Waals surface area contributed by atoms with E-state index in [9.17, 15) is 14.4 Å². The highest BCUT2D eigenvalue weighted by atomic mass is 35.5. The molecule has 1 atom stereocenters. The van der Waals surface area contributed by atoms with Crippen molar-refractivity contribution in [3.63, 3.8) is 0 Å². The van der Waals surface area contributed by atoms with Gasteiger partial charge in [-0.3, -0.25) is 19.1 Å². The standard InChI is InChI=1S/C19H16ClN3O3/c20-15-8-6-14(7-9-15)18(13-4-2-1-3-5-13)21-17(25)12-23-11-10-16(24)22-19(23)26/h1-11,18H,12H2,(H,21,25)(H,22,24,26)/t18-/m0/s1. The monoisotopic (exact) mass is 369 g/mol. The van der Waals surface area contributed by atoms with Crippen LogP contribution >= 0.6 is 11.6 Å². The van der Waals surface area contributed by atoms with Gasteiger partial charge in [-0.15, -0.1) is 0 Å². The third-order valence-electron chi connectivity index (χ3n) is 3.85. The van der Waals surface area contributed by atoms with Crippen molar-refractivity contribution in [1.82, 2.24) is 14.9 Å². The zero-order chi connectivity index (χ0) is 18.5. The first-order valence-electron chi connectivity index (χ1n) is 7.92. The van der Waals surface area contributed by atoms with Crippen LogP contribution in [0.25, 0.3) is 0 Å². The quantitative estimate of drug-likeness (QED) is 0.722. The number of H-pyrrole nitrogens is 1. The van der Waals surface area contributed by atoms with Gasteiger partial charge in [-0.1, -0.05) is 54.1 Å². The highest BCUT2D eigenvalue weighted by Crippen LogP contribution is 2.23. The Morgan fingerprint density at radius 1 is 1.00 bits per heavy atom. The van der Waals surface area contributed by atoms with Gasteiger partial charge in [0.2, 0.25) is 5.91 Å². The Morgan fingerprint density at radius 3 is 2.31 bits per heavy atom. The minimum absolute atomic E-state index is 0.202. The molecule has 0 aliphatic carbocycles. The molecule has 0 radical (unpaired) electrons. The summed E-state index contributed by atoms with van der Waals surface area (Å²) in [6, 6.07) is 17.5. The van der Waals surface area contributed by atoms with Crippen LogP contribution < -0.4 is 16.6 Å². The van der Waals surface area contributed by atoms with E-state index >= 15 is 0 Å². The third-order valence-corrected chi connectivity index (χ3v) is 4.10. The van der Waals surface area contributed by atoms with Crippen LogP contribution in [0.15, 0.2) is 76.4 Å². The van der Waals surface area contributed by atoms with Crippen LogP contribution in [0.2, 0.25) is 5.02 Å². The molecule has 6 nitrogen and oxygen atoms in total. The maximum atomic E-state index is 12.5. The molecule has 26 heavy (non-hydrogen) atoms. The Labute approximate surface area is 154 Å². The van der Waals surface area contributed by atoms with Gasteiger partial charge < -0.3 is 5.32 Å². The third kappa shape index (κ3) is 4.29. The summed E-state index contributed by atoms with van der Waals surface area (Å²) in [6.45, 7) is -0.202. The number of hydrogen-bond acceptors (Lipinski definition) is 3. The number of carbonyl (C=O) groups excluding carboxylic acids is 1. The normalized spacial score (nSPS) is 11.7. The van der Waals surface area contributed by atoms with Gasteiger partial charge in [0.25, 0.3) is 5.56 Å². The number of aromatic nitrogens is 2. The average molecular weight is 370 g/mol. The topological polar surface area (TPSA) is 84.0 Å². The molecule has 1 amide bonds. The molecular formula is C19H16ClN3O3. The Balaban J connectivity index is 1.85. The molecule has 132 valence electrons. The molecule has 3 rings (SSSR count). The lowest BCUT2D eigenvalue weighted by atomic mass is 9.98. The fourth-order valence-corrected chi connectivity index (χ4v) is 2.72. The van der Waals surface area contributed by atoms with E-state index in [2.05, 4.69) is 10.3 Å². The first-order chi connectivity index (χ1) is 12.5. The van der Waals surface area contributed by atoms with Gasteiger partial charge in [0.15, 0.2) is 0 Å². The lowest BCUT2D eigenvalue weighted by molar-refractivity contribution is -0.122. The van der Waals surface area contributed by atoms with E-state index in [1.54, 1.807) is 12.1 Å². The number of aromatic amines is 1. The van der Waals surface area contributed by atoms with E-state index in [1.165, 1.54) is 12.3 Å². The molecule has 0 aliphatic rings. The van der Waals surface area contributed by atoms with E-state index in [1.807, 2.05) is 42.5 Å². The van der Waals surface area contributed by atoms with Gasteiger partial charge in [-0.2, -0.15) is 0 Å². The summed E-state index contributed by atoms with van der Waals surface area (Å²) in [5.41, 5.74) is 0.630. The van der Waals surface area contributed by atoms with Crippen LogP contribution in [0, 0.1) is 0 Å². The maximum absolute atomic E-state index is 12.5. The summed E-state index contributed by atoms with van der Waals surface area (Å²) in [5.74, 6) is -0.358. The summed E-state index contributed by atoms with van der Waals surface area (Å²) < 4.78 is 1.14. The number of halogens is 1. The van der Waals surface area contributed by atoms with Crippen LogP contribution in [0.3, 0.4) is 0 Å².